The van der Waals surface area contributed by atoms with E-state index >= 15 is 0 Å². The third-order valence-electron chi connectivity index (χ3n) is 7.15. The Hall–Kier alpha value is -3.44. The number of fused-ring (bicyclic) bond motifs is 1. The van der Waals surface area contributed by atoms with E-state index in [2.05, 4.69) is 9.88 Å². The Labute approximate surface area is 254 Å². The largest absolute Gasteiger partial charge is 0.480 e. The molecule has 1 fully saturated rings. The maximum atomic E-state index is 14.3. The number of halogens is 2. The lowest BCUT2D eigenvalue weighted by Crippen LogP contribution is -2.45. The molecule has 0 spiro atoms. The van der Waals surface area contributed by atoms with Crippen molar-refractivity contribution in [2.45, 2.75) is 37.1 Å². The van der Waals surface area contributed by atoms with Gasteiger partial charge in [-0.15, -0.1) is 0 Å². The highest BCUT2D eigenvalue weighted by Crippen LogP contribution is 2.38. The first-order valence-electron chi connectivity index (χ1n) is 13.6. The molecule has 1 aliphatic heterocycles. The molecule has 0 radical (unpaired) electrons. The quantitative estimate of drug-likeness (QED) is 0.218. The first-order chi connectivity index (χ1) is 20.2. The first-order valence-corrected chi connectivity index (χ1v) is 15.8. The number of morpholine rings is 1. The molecule has 1 aliphatic rings. The van der Waals surface area contributed by atoms with Crippen LogP contribution in [0.4, 0.5) is 11.5 Å². The van der Waals surface area contributed by atoms with E-state index in [1.54, 1.807) is 30.5 Å². The van der Waals surface area contributed by atoms with E-state index in [1.165, 1.54) is 18.2 Å². The molecule has 1 atom stereocenters. The number of benzene rings is 3. The van der Waals surface area contributed by atoms with Crippen LogP contribution in [0.5, 0.6) is 0 Å². The van der Waals surface area contributed by atoms with Gasteiger partial charge in [0.25, 0.3) is 10.0 Å². The van der Waals surface area contributed by atoms with Gasteiger partial charge in [0.05, 0.1) is 23.8 Å². The average molecular weight is 630 g/mol. The highest BCUT2D eigenvalue weighted by atomic mass is 35.5. The second-order valence-electron chi connectivity index (χ2n) is 9.92. The summed E-state index contributed by atoms with van der Waals surface area (Å²) in [5, 5.41) is 11.8. The number of hydrogen-bond acceptors (Lipinski definition) is 7. The second-order valence-corrected chi connectivity index (χ2v) is 12.6. The van der Waals surface area contributed by atoms with Crippen molar-refractivity contribution in [1.82, 2.24) is 9.97 Å². The minimum atomic E-state index is -4.43. The fraction of sp³-hybridized carbons (Fsp3) is 0.300. The lowest BCUT2D eigenvalue weighted by Gasteiger charge is -2.31. The summed E-state index contributed by atoms with van der Waals surface area (Å²) >= 11 is 12.4. The zero-order valence-electron chi connectivity index (χ0n) is 22.9. The van der Waals surface area contributed by atoms with Crippen LogP contribution in [-0.4, -0.2) is 61.8 Å². The van der Waals surface area contributed by atoms with Crippen LogP contribution in [0.1, 0.15) is 26.2 Å². The molecule has 0 amide bonds. The van der Waals surface area contributed by atoms with E-state index in [-0.39, 0.29) is 27.0 Å². The normalized spacial score (nSPS) is 14.6. The van der Waals surface area contributed by atoms with Gasteiger partial charge in [0.2, 0.25) is 0 Å². The van der Waals surface area contributed by atoms with Gasteiger partial charge >= 0.3 is 5.97 Å². The number of carboxylic acids is 1. The summed E-state index contributed by atoms with van der Waals surface area (Å²) in [5.74, 6) is -0.0163. The fourth-order valence-corrected chi connectivity index (χ4v) is 7.51. The molecule has 1 aromatic heterocycles. The Morgan fingerprint density at radius 3 is 2.43 bits per heavy atom. The molecule has 0 saturated carbocycles. The second kappa shape index (κ2) is 12.8. The molecule has 3 aromatic carbocycles. The number of ether oxygens (including phenoxy) is 1. The number of aliphatic carboxylic acids is 1. The maximum Gasteiger partial charge on any atom is 0.327 e. The van der Waals surface area contributed by atoms with Gasteiger partial charge in [-0.2, -0.15) is 0 Å². The highest BCUT2D eigenvalue weighted by Gasteiger charge is 2.37. The van der Waals surface area contributed by atoms with Gasteiger partial charge in [0.15, 0.2) is 5.82 Å². The lowest BCUT2D eigenvalue weighted by atomic mass is 10.0. The Balaban J connectivity index is 1.69. The smallest absolute Gasteiger partial charge is 0.327 e. The Bertz CT molecular complexity index is 1690. The van der Waals surface area contributed by atoms with Gasteiger partial charge in [-0.05, 0) is 42.1 Å². The van der Waals surface area contributed by atoms with Gasteiger partial charge in [0.1, 0.15) is 11.9 Å². The third-order valence-corrected chi connectivity index (χ3v) is 9.38. The van der Waals surface area contributed by atoms with Crippen molar-refractivity contribution < 1.29 is 23.1 Å². The van der Waals surface area contributed by atoms with Crippen LogP contribution in [0.3, 0.4) is 0 Å². The average Bonchev–Trinajstić information content (AvgIpc) is 2.98. The predicted molar refractivity (Wildman–Crippen MR) is 165 cm³/mol. The third kappa shape index (κ3) is 6.17. The van der Waals surface area contributed by atoms with Crippen molar-refractivity contribution in [2.75, 3.05) is 35.5 Å². The van der Waals surface area contributed by atoms with Gasteiger partial charge in [-0.25, -0.2) is 23.2 Å². The first kappa shape index (κ1) is 30.0. The zero-order valence-corrected chi connectivity index (χ0v) is 25.2. The van der Waals surface area contributed by atoms with Gasteiger partial charge in [0, 0.05) is 40.3 Å². The minimum Gasteiger partial charge on any atom is -0.480 e. The van der Waals surface area contributed by atoms with Crippen LogP contribution in [0, 0.1) is 0 Å². The molecule has 42 heavy (non-hydrogen) atoms. The summed E-state index contributed by atoms with van der Waals surface area (Å²) in [6.45, 7) is 4.57. The van der Waals surface area contributed by atoms with Crippen LogP contribution in [0.15, 0.2) is 71.8 Å². The van der Waals surface area contributed by atoms with Crippen molar-refractivity contribution >= 4 is 61.5 Å². The molecule has 2 heterocycles. The number of nitrogens with zero attached hydrogens (tertiary/aromatic N) is 4. The minimum absolute atomic E-state index is 0.111. The summed E-state index contributed by atoms with van der Waals surface area (Å²) in [6.07, 6.45) is 3.01. The van der Waals surface area contributed by atoms with Crippen molar-refractivity contribution in [3.05, 3.63) is 76.9 Å². The number of carboxylic acid groups (broad SMARTS) is 1. The molecule has 1 saturated heterocycles. The van der Waals surface area contributed by atoms with E-state index in [9.17, 15) is 18.3 Å². The Kier molecular flexibility index (Phi) is 9.17. The van der Waals surface area contributed by atoms with E-state index in [0.29, 0.717) is 61.3 Å². The molecule has 220 valence electrons. The molecule has 5 rings (SSSR count). The molecule has 9 nitrogen and oxygen atoms in total. The summed E-state index contributed by atoms with van der Waals surface area (Å²) in [4.78, 5) is 23.9. The molecular weight excluding hydrogens is 599 g/mol. The van der Waals surface area contributed by atoms with Gasteiger partial charge < -0.3 is 14.7 Å². The molecule has 0 aliphatic carbocycles. The zero-order chi connectivity index (χ0) is 29.9. The van der Waals surface area contributed by atoms with Crippen molar-refractivity contribution in [2.24, 2.45) is 0 Å². The Morgan fingerprint density at radius 1 is 1.05 bits per heavy atom. The summed E-state index contributed by atoms with van der Waals surface area (Å²) < 4.78 is 35.0. The molecule has 0 bridgehead atoms. The molecule has 1 unspecified atom stereocenters. The summed E-state index contributed by atoms with van der Waals surface area (Å²) in [7, 11) is -4.43. The lowest BCUT2D eigenvalue weighted by molar-refractivity contribution is -0.138. The Morgan fingerprint density at radius 2 is 1.74 bits per heavy atom. The molecule has 4 aromatic rings. The fourth-order valence-electron chi connectivity index (χ4n) is 5.12. The van der Waals surface area contributed by atoms with E-state index < -0.39 is 22.0 Å². The number of aromatic nitrogens is 2. The molecular formula is C30H30Cl2N4O5S. The maximum absolute atomic E-state index is 14.3. The number of rotatable bonds is 10. The monoisotopic (exact) mass is 628 g/mol. The number of unbranched alkanes of at least 4 members (excludes halogenated alkanes) is 1. The SMILES string of the molecule is CCCCC(C(=O)O)N(c1cccc2c(-c3nccc(N4CCOCC4)n3)cccc12)S(=O)(=O)c1cc(Cl)cc(Cl)c1. The van der Waals surface area contributed by atoms with E-state index in [0.717, 1.165) is 10.1 Å². The standard InChI is InChI=1S/C30H30Cl2N4O5S/c1-2-3-9-27(30(37)38)36(42(39,40)22-18-20(31)17-21(32)19-22)26-10-5-6-23-24(26)7-4-8-25(23)29-33-12-11-28(34-29)35-13-15-41-16-14-35/h4-8,10-12,17-19,27H,2-3,9,13-16H2,1H3,(H,37,38). The van der Waals surface area contributed by atoms with Crippen molar-refractivity contribution in [3.8, 4) is 11.4 Å². The molecule has 1 N–H and O–H groups in total. The summed E-state index contributed by atoms with van der Waals surface area (Å²) in [5.41, 5.74) is 0.909. The number of sulfonamides is 1. The van der Waals surface area contributed by atoms with E-state index in [1.807, 2.05) is 25.1 Å². The van der Waals surface area contributed by atoms with E-state index in [4.69, 9.17) is 32.9 Å². The summed E-state index contributed by atoms with van der Waals surface area (Å²) in [6, 6.07) is 15.0. The van der Waals surface area contributed by atoms with Crippen LogP contribution in [0.2, 0.25) is 10.0 Å². The van der Waals surface area contributed by atoms with Crippen LogP contribution < -0.4 is 9.21 Å². The van der Waals surface area contributed by atoms with Crippen LogP contribution in [0.25, 0.3) is 22.2 Å². The highest BCUT2D eigenvalue weighted by molar-refractivity contribution is 7.93. The topological polar surface area (TPSA) is 113 Å². The van der Waals surface area contributed by atoms with Gasteiger partial charge in [-0.3, -0.25) is 4.31 Å². The van der Waals surface area contributed by atoms with Crippen LogP contribution >= 0.6 is 23.2 Å². The van der Waals surface area contributed by atoms with Crippen molar-refractivity contribution in [3.63, 3.8) is 0 Å². The van der Waals surface area contributed by atoms with Crippen LogP contribution in [-0.2, 0) is 19.6 Å². The molecule has 12 heteroatoms. The number of hydrogen-bond donors (Lipinski definition) is 1. The predicted octanol–water partition coefficient (Wildman–Crippen LogP) is 6.28. The number of anilines is 2. The number of carbonyl (C=O) groups is 1. The van der Waals surface area contributed by atoms with Crippen molar-refractivity contribution in [1.29, 1.82) is 0 Å². The van der Waals surface area contributed by atoms with Gasteiger partial charge in [-0.1, -0.05) is 73.3 Å².